The smallest absolute Gasteiger partial charge is 0.191 e. The van der Waals surface area contributed by atoms with E-state index >= 15 is 0 Å². The van der Waals surface area contributed by atoms with Gasteiger partial charge in [0.15, 0.2) is 5.96 Å². The maximum Gasteiger partial charge on any atom is 0.191 e. The van der Waals surface area contributed by atoms with Crippen molar-refractivity contribution in [1.29, 1.82) is 0 Å². The number of aromatic nitrogens is 1. The van der Waals surface area contributed by atoms with Crippen LogP contribution in [-0.2, 0) is 6.54 Å². The number of nitrogens with one attached hydrogen (secondary N) is 2. The van der Waals surface area contributed by atoms with E-state index < -0.39 is 0 Å². The first-order valence-electron chi connectivity index (χ1n) is 11.0. The van der Waals surface area contributed by atoms with E-state index in [0.717, 1.165) is 50.9 Å². The van der Waals surface area contributed by atoms with Crippen LogP contribution in [0.5, 0.6) is 0 Å². The second-order valence-corrected chi connectivity index (χ2v) is 8.12. The summed E-state index contributed by atoms with van der Waals surface area (Å²) in [5.41, 5.74) is 1.21. The number of anilines is 1. The molecule has 2 heterocycles. The zero-order chi connectivity index (χ0) is 20.4. The summed E-state index contributed by atoms with van der Waals surface area (Å²) in [5.74, 6) is 1.98. The van der Waals surface area contributed by atoms with Gasteiger partial charge in [-0.1, -0.05) is 0 Å². The second-order valence-electron chi connectivity index (χ2n) is 8.12. The van der Waals surface area contributed by atoms with Crippen LogP contribution in [0.1, 0.15) is 59.4 Å². The van der Waals surface area contributed by atoms with Crippen molar-refractivity contribution in [3.05, 3.63) is 23.9 Å². The van der Waals surface area contributed by atoms with E-state index in [2.05, 4.69) is 72.2 Å². The monoisotopic (exact) mass is 516 g/mol. The van der Waals surface area contributed by atoms with Crippen LogP contribution in [0.25, 0.3) is 0 Å². The van der Waals surface area contributed by atoms with Crippen LogP contribution in [0, 0.1) is 0 Å². The topological polar surface area (TPSA) is 55.8 Å². The van der Waals surface area contributed by atoms with E-state index in [0.29, 0.717) is 18.6 Å². The molecule has 2 N–H and O–H groups in total. The van der Waals surface area contributed by atoms with Gasteiger partial charge in [0.25, 0.3) is 0 Å². The van der Waals surface area contributed by atoms with Crippen LogP contribution < -0.4 is 15.5 Å². The van der Waals surface area contributed by atoms with Crippen molar-refractivity contribution in [2.45, 2.75) is 72.5 Å². The summed E-state index contributed by atoms with van der Waals surface area (Å²) in [5, 5.41) is 6.84. The molecular formula is C22H41IN6. The molecule has 2 rings (SSSR count). The van der Waals surface area contributed by atoms with Gasteiger partial charge in [0, 0.05) is 51.0 Å². The van der Waals surface area contributed by atoms with Crippen LogP contribution in [-0.4, -0.2) is 60.7 Å². The summed E-state index contributed by atoms with van der Waals surface area (Å²) in [6, 6.07) is 5.41. The lowest BCUT2D eigenvalue weighted by Gasteiger charge is -2.30. The number of hydrogen-bond acceptors (Lipinski definition) is 4. The number of aliphatic imine (C=N–C) groups is 1. The van der Waals surface area contributed by atoms with Crippen LogP contribution in [0.4, 0.5) is 5.82 Å². The molecular weight excluding hydrogens is 475 g/mol. The number of hydrogen-bond donors (Lipinski definition) is 2. The molecule has 0 aromatic carbocycles. The van der Waals surface area contributed by atoms with Crippen molar-refractivity contribution in [3.63, 3.8) is 0 Å². The van der Waals surface area contributed by atoms with Gasteiger partial charge >= 0.3 is 0 Å². The lowest BCUT2D eigenvalue weighted by molar-refractivity contribution is 0.173. The summed E-state index contributed by atoms with van der Waals surface area (Å²) in [4.78, 5) is 14.2. The number of nitrogens with zero attached hydrogens (tertiary/aromatic N) is 4. The highest BCUT2D eigenvalue weighted by atomic mass is 127. The second kappa shape index (κ2) is 14.0. The van der Waals surface area contributed by atoms with Gasteiger partial charge in [0.1, 0.15) is 5.82 Å². The first-order valence-corrected chi connectivity index (χ1v) is 11.0. The fraction of sp³-hybridized carbons (Fsp3) is 0.727. The molecule has 0 atom stereocenters. The van der Waals surface area contributed by atoms with E-state index in [9.17, 15) is 0 Å². The summed E-state index contributed by atoms with van der Waals surface area (Å²) < 4.78 is 0. The van der Waals surface area contributed by atoms with Gasteiger partial charge in [-0.05, 0) is 71.6 Å². The zero-order valence-corrected chi connectivity index (χ0v) is 21.3. The maximum atomic E-state index is 4.77. The molecule has 0 unspecified atom stereocenters. The van der Waals surface area contributed by atoms with Gasteiger partial charge in [0.05, 0.1) is 6.54 Å². The van der Waals surface area contributed by atoms with E-state index in [1.165, 1.54) is 18.4 Å². The number of rotatable bonds is 10. The minimum atomic E-state index is 0. The Morgan fingerprint density at radius 2 is 1.86 bits per heavy atom. The molecule has 1 aliphatic heterocycles. The molecule has 6 nitrogen and oxygen atoms in total. The van der Waals surface area contributed by atoms with Gasteiger partial charge in [-0.25, -0.2) is 9.98 Å². The third kappa shape index (κ3) is 9.07. The van der Waals surface area contributed by atoms with Crippen molar-refractivity contribution in [2.24, 2.45) is 4.99 Å². The summed E-state index contributed by atoms with van der Waals surface area (Å²) in [7, 11) is 0. The van der Waals surface area contributed by atoms with Crippen molar-refractivity contribution >= 4 is 35.8 Å². The van der Waals surface area contributed by atoms with Crippen LogP contribution >= 0.6 is 24.0 Å². The lowest BCUT2D eigenvalue weighted by atomic mass is 10.2. The van der Waals surface area contributed by atoms with Gasteiger partial charge in [0.2, 0.25) is 0 Å². The minimum Gasteiger partial charge on any atom is -0.357 e. The van der Waals surface area contributed by atoms with Gasteiger partial charge in [-0.15, -0.1) is 24.0 Å². The quantitative estimate of drug-likeness (QED) is 0.214. The van der Waals surface area contributed by atoms with Crippen LogP contribution in [0.15, 0.2) is 23.3 Å². The van der Waals surface area contributed by atoms with Crippen molar-refractivity contribution < 1.29 is 0 Å². The van der Waals surface area contributed by atoms with E-state index in [-0.39, 0.29) is 24.0 Å². The molecule has 0 amide bonds. The standard InChI is InChI=1S/C22H40N6.HI/c1-6-23-22(25-11-9-15-28(18(2)3)19(4)5)26-17-20-10-12-24-21(16-20)27-13-7-8-14-27;/h10,12,16,18-19H,6-9,11,13-15,17H2,1-5H3,(H2,23,25,26);1H. The fourth-order valence-corrected chi connectivity index (χ4v) is 3.77. The summed E-state index contributed by atoms with van der Waals surface area (Å²) in [6.07, 6.45) is 5.55. The summed E-state index contributed by atoms with van der Waals surface area (Å²) >= 11 is 0. The number of halogens is 1. The molecule has 1 fully saturated rings. The minimum absolute atomic E-state index is 0. The molecule has 0 saturated carbocycles. The molecule has 29 heavy (non-hydrogen) atoms. The van der Waals surface area contributed by atoms with Gasteiger partial charge in [-0.3, -0.25) is 4.90 Å². The number of pyridine rings is 1. The Balaban J connectivity index is 0.00000420. The highest BCUT2D eigenvalue weighted by molar-refractivity contribution is 14.0. The largest absolute Gasteiger partial charge is 0.357 e. The average Bonchev–Trinajstić information content (AvgIpc) is 3.20. The van der Waals surface area contributed by atoms with E-state index in [1.54, 1.807) is 0 Å². The van der Waals surface area contributed by atoms with Crippen LogP contribution in [0.3, 0.4) is 0 Å². The van der Waals surface area contributed by atoms with E-state index in [1.807, 2.05) is 6.20 Å². The molecule has 1 aromatic rings. The Labute approximate surface area is 195 Å². The first-order chi connectivity index (χ1) is 13.5. The lowest BCUT2D eigenvalue weighted by Crippen LogP contribution is -2.41. The molecule has 0 aliphatic carbocycles. The Hall–Kier alpha value is -1.09. The maximum absolute atomic E-state index is 4.77. The number of guanidine groups is 1. The third-order valence-electron chi connectivity index (χ3n) is 5.22. The molecule has 1 aromatic heterocycles. The molecule has 0 bridgehead atoms. The molecule has 1 aliphatic rings. The molecule has 7 heteroatoms. The van der Waals surface area contributed by atoms with Crippen molar-refractivity contribution in [3.8, 4) is 0 Å². The van der Waals surface area contributed by atoms with Gasteiger partial charge < -0.3 is 15.5 Å². The Bertz CT molecular complexity index is 591. The normalized spacial score (nSPS) is 14.6. The van der Waals surface area contributed by atoms with Crippen LogP contribution in [0.2, 0.25) is 0 Å². The Morgan fingerprint density at radius 3 is 2.48 bits per heavy atom. The average molecular weight is 517 g/mol. The highest BCUT2D eigenvalue weighted by Gasteiger charge is 2.14. The van der Waals surface area contributed by atoms with Gasteiger partial charge in [-0.2, -0.15) is 0 Å². The first kappa shape index (κ1) is 25.9. The highest BCUT2D eigenvalue weighted by Crippen LogP contribution is 2.18. The SMILES string of the molecule is CCNC(=NCc1ccnc(N2CCCC2)c1)NCCCN(C(C)C)C(C)C.I. The zero-order valence-electron chi connectivity index (χ0n) is 18.9. The third-order valence-corrected chi connectivity index (χ3v) is 5.22. The molecule has 0 spiro atoms. The predicted molar refractivity (Wildman–Crippen MR) is 136 cm³/mol. The van der Waals surface area contributed by atoms with E-state index in [4.69, 9.17) is 4.99 Å². The Morgan fingerprint density at radius 1 is 1.17 bits per heavy atom. The molecule has 0 radical (unpaired) electrons. The predicted octanol–water partition coefficient (Wildman–Crippen LogP) is 3.86. The molecule has 1 saturated heterocycles. The fourth-order valence-electron chi connectivity index (χ4n) is 3.77. The summed E-state index contributed by atoms with van der Waals surface area (Å²) in [6.45, 7) is 17.0. The van der Waals surface area contributed by atoms with Crippen molar-refractivity contribution in [1.82, 2.24) is 20.5 Å². The van der Waals surface area contributed by atoms with Crippen molar-refractivity contribution in [2.75, 3.05) is 37.6 Å². The Kier molecular flexibility index (Phi) is 12.5. The molecule has 166 valence electrons.